The fourth-order valence-corrected chi connectivity index (χ4v) is 3.44. The number of hydrogen-bond donors (Lipinski definition) is 2. The molecule has 1 aliphatic heterocycles. The third-order valence-corrected chi connectivity index (χ3v) is 5.03. The van der Waals surface area contributed by atoms with Crippen LogP contribution in [0.25, 0.3) is 0 Å². The number of anilines is 1. The van der Waals surface area contributed by atoms with E-state index in [2.05, 4.69) is 74.0 Å². The molecule has 2 N–H and O–H groups in total. The summed E-state index contributed by atoms with van der Waals surface area (Å²) in [5.74, 6) is 0. The highest BCUT2D eigenvalue weighted by molar-refractivity contribution is 7.80. The van der Waals surface area contributed by atoms with Gasteiger partial charge in [0.2, 0.25) is 0 Å². The molecule has 1 unspecified atom stereocenters. The Morgan fingerprint density at radius 2 is 1.79 bits per heavy atom. The van der Waals surface area contributed by atoms with Gasteiger partial charge in [0.25, 0.3) is 0 Å². The van der Waals surface area contributed by atoms with Crippen molar-refractivity contribution in [2.24, 2.45) is 0 Å². The van der Waals surface area contributed by atoms with Crippen LogP contribution in [0.4, 0.5) is 5.69 Å². The molecule has 0 bridgehead atoms. The van der Waals surface area contributed by atoms with Gasteiger partial charge in [0.15, 0.2) is 5.11 Å². The maximum Gasteiger partial charge on any atom is 0.190 e. The number of rotatable bonds is 5. The normalized spacial score (nSPS) is 20.3. The van der Waals surface area contributed by atoms with Crippen molar-refractivity contribution >= 4 is 23.0 Å². The molecule has 3 rings (SSSR count). The summed E-state index contributed by atoms with van der Waals surface area (Å²) in [6, 6.07) is 16.9. The fraction of sp³-hybridized carbons (Fsp3) is 0.350. The second-order valence-electron chi connectivity index (χ2n) is 6.52. The molecule has 0 aliphatic carbocycles. The van der Waals surface area contributed by atoms with Gasteiger partial charge in [-0.05, 0) is 67.7 Å². The van der Waals surface area contributed by atoms with Crippen LogP contribution in [0, 0.1) is 13.8 Å². The summed E-state index contributed by atoms with van der Waals surface area (Å²) in [6.07, 6.45) is 3.25. The van der Waals surface area contributed by atoms with E-state index in [4.69, 9.17) is 12.2 Å². The van der Waals surface area contributed by atoms with Crippen LogP contribution in [-0.4, -0.2) is 5.11 Å². The van der Waals surface area contributed by atoms with E-state index in [0.717, 1.165) is 30.1 Å². The highest BCUT2D eigenvalue weighted by atomic mass is 32.1. The van der Waals surface area contributed by atoms with Crippen molar-refractivity contribution in [1.29, 1.82) is 0 Å². The van der Waals surface area contributed by atoms with Crippen LogP contribution < -0.4 is 15.8 Å². The number of nitrogens with zero attached hydrogens (tertiary/aromatic N) is 1. The predicted octanol–water partition coefficient (Wildman–Crippen LogP) is 4.55. The van der Waals surface area contributed by atoms with Crippen molar-refractivity contribution in [3.63, 3.8) is 0 Å². The second-order valence-corrected chi connectivity index (χ2v) is 6.91. The van der Waals surface area contributed by atoms with E-state index in [9.17, 15) is 0 Å². The second kappa shape index (κ2) is 6.91. The maximum atomic E-state index is 5.65. The minimum Gasteiger partial charge on any atom is -0.338 e. The number of aryl methyl sites for hydroxylation is 2. The third kappa shape index (κ3) is 3.17. The van der Waals surface area contributed by atoms with Crippen molar-refractivity contribution < 1.29 is 0 Å². The minimum absolute atomic E-state index is 0.340. The van der Waals surface area contributed by atoms with Crippen molar-refractivity contribution in [1.82, 2.24) is 10.7 Å². The molecular weight excluding hydrogens is 314 g/mol. The maximum absolute atomic E-state index is 5.65. The van der Waals surface area contributed by atoms with E-state index in [-0.39, 0.29) is 5.66 Å². The van der Waals surface area contributed by atoms with Crippen LogP contribution >= 0.6 is 12.2 Å². The number of hydrazine groups is 1. The smallest absolute Gasteiger partial charge is 0.190 e. The lowest BCUT2D eigenvalue weighted by molar-refractivity contribution is 0.313. The quantitative estimate of drug-likeness (QED) is 0.782. The van der Waals surface area contributed by atoms with Crippen LogP contribution in [0.2, 0.25) is 0 Å². The van der Waals surface area contributed by atoms with E-state index >= 15 is 0 Å². The van der Waals surface area contributed by atoms with Gasteiger partial charge in [-0.25, -0.2) is 5.01 Å². The lowest BCUT2D eigenvalue weighted by atomic mass is 9.94. The Hall–Kier alpha value is -1.91. The van der Waals surface area contributed by atoms with Crippen LogP contribution in [0.1, 0.15) is 42.9 Å². The summed E-state index contributed by atoms with van der Waals surface area (Å²) in [6.45, 7) is 6.47. The monoisotopic (exact) mass is 339 g/mol. The van der Waals surface area contributed by atoms with Gasteiger partial charge in [-0.3, -0.25) is 0 Å². The molecule has 1 fully saturated rings. The lowest BCUT2D eigenvalue weighted by Gasteiger charge is -2.30. The summed E-state index contributed by atoms with van der Waals surface area (Å²) in [5, 5.41) is 6.27. The minimum atomic E-state index is -0.340. The van der Waals surface area contributed by atoms with Gasteiger partial charge >= 0.3 is 0 Å². The molecule has 1 heterocycles. The first-order valence-electron chi connectivity index (χ1n) is 8.58. The van der Waals surface area contributed by atoms with Gasteiger partial charge in [-0.1, -0.05) is 49.7 Å². The molecule has 1 atom stereocenters. The average Bonchev–Trinajstić information content (AvgIpc) is 2.94. The fourth-order valence-electron chi connectivity index (χ4n) is 3.12. The van der Waals surface area contributed by atoms with E-state index in [0.29, 0.717) is 0 Å². The van der Waals surface area contributed by atoms with E-state index in [1.165, 1.54) is 16.7 Å². The molecule has 0 radical (unpaired) electrons. The highest BCUT2D eigenvalue weighted by Gasteiger charge is 2.41. The predicted molar refractivity (Wildman–Crippen MR) is 105 cm³/mol. The van der Waals surface area contributed by atoms with E-state index in [1.54, 1.807) is 0 Å². The Morgan fingerprint density at radius 3 is 2.46 bits per heavy atom. The molecule has 0 amide bonds. The molecule has 2 aromatic rings. The molecule has 2 aromatic carbocycles. The zero-order chi connectivity index (χ0) is 17.2. The van der Waals surface area contributed by atoms with Crippen molar-refractivity contribution in [3.8, 4) is 0 Å². The molecule has 1 saturated heterocycles. The molecule has 4 heteroatoms. The van der Waals surface area contributed by atoms with Gasteiger partial charge in [0, 0.05) is 0 Å². The topological polar surface area (TPSA) is 27.3 Å². The largest absolute Gasteiger partial charge is 0.338 e. The number of benzene rings is 2. The van der Waals surface area contributed by atoms with E-state index in [1.807, 2.05) is 11.1 Å². The van der Waals surface area contributed by atoms with Gasteiger partial charge in [0.05, 0.1) is 5.69 Å². The Bertz CT molecular complexity index is 729. The molecule has 0 aromatic heterocycles. The van der Waals surface area contributed by atoms with Gasteiger partial charge < -0.3 is 5.32 Å². The van der Waals surface area contributed by atoms with Crippen molar-refractivity contribution in [2.45, 2.75) is 45.7 Å². The third-order valence-electron chi connectivity index (χ3n) is 4.75. The van der Waals surface area contributed by atoms with Crippen LogP contribution in [0.15, 0.2) is 48.5 Å². The van der Waals surface area contributed by atoms with Crippen molar-refractivity contribution in [2.75, 3.05) is 5.01 Å². The first-order valence-corrected chi connectivity index (χ1v) is 8.99. The zero-order valence-electron chi connectivity index (χ0n) is 14.6. The average molecular weight is 340 g/mol. The number of nitrogens with one attached hydrogen (secondary N) is 2. The van der Waals surface area contributed by atoms with Crippen molar-refractivity contribution in [3.05, 3.63) is 65.2 Å². The summed E-state index contributed by atoms with van der Waals surface area (Å²) < 4.78 is 0. The molecule has 126 valence electrons. The molecule has 24 heavy (non-hydrogen) atoms. The highest BCUT2D eigenvalue weighted by Crippen LogP contribution is 2.31. The molecular formula is C20H25N3S. The Labute approximate surface area is 150 Å². The van der Waals surface area contributed by atoms with Crippen LogP contribution in [0.5, 0.6) is 0 Å². The summed E-state index contributed by atoms with van der Waals surface area (Å²) >= 11 is 5.65. The number of unbranched alkanes of at least 4 members (excludes halogenated alkanes) is 1. The molecule has 3 nitrogen and oxygen atoms in total. The Balaban J connectivity index is 1.95. The summed E-state index contributed by atoms with van der Waals surface area (Å²) in [5.41, 5.74) is 8.15. The van der Waals surface area contributed by atoms with E-state index < -0.39 is 0 Å². The van der Waals surface area contributed by atoms with Gasteiger partial charge in [-0.15, -0.1) is 0 Å². The molecule has 0 spiro atoms. The number of thiocarbonyl (C=S) groups is 1. The first kappa shape index (κ1) is 16.9. The summed E-state index contributed by atoms with van der Waals surface area (Å²) in [7, 11) is 0. The van der Waals surface area contributed by atoms with Crippen LogP contribution in [-0.2, 0) is 5.66 Å². The van der Waals surface area contributed by atoms with Gasteiger partial charge in [-0.2, -0.15) is 5.43 Å². The first-order chi connectivity index (χ1) is 11.6. The summed E-state index contributed by atoms with van der Waals surface area (Å²) in [4.78, 5) is 0. The van der Waals surface area contributed by atoms with Crippen LogP contribution in [0.3, 0.4) is 0 Å². The standard InChI is InChI=1S/C20H25N3S/c1-4-5-13-20(17-9-7-6-8-10-17)21-19(24)23(22-20)18-12-11-15(2)16(3)14-18/h6-12,14,22H,4-5,13H2,1-3H3,(H,21,24). The molecule has 0 saturated carbocycles. The number of hydrogen-bond acceptors (Lipinski definition) is 2. The Morgan fingerprint density at radius 1 is 1.04 bits per heavy atom. The lowest BCUT2D eigenvalue weighted by Crippen LogP contribution is -2.48. The van der Waals surface area contributed by atoms with Gasteiger partial charge in [0.1, 0.15) is 5.66 Å². The zero-order valence-corrected chi connectivity index (χ0v) is 15.4. The SMILES string of the molecule is CCCCC1(c2ccccc2)NC(=S)N(c2ccc(C)c(C)c2)N1. The Kier molecular flexibility index (Phi) is 4.88. The molecule has 1 aliphatic rings.